The molecule has 0 rings (SSSR count). The Balaban J connectivity index is 3.83. The fraction of sp³-hybridized carbons (Fsp3) is 0.727. The number of rotatable bonds is 7. The predicted molar refractivity (Wildman–Crippen MR) is 54.7 cm³/mol. The van der Waals surface area contributed by atoms with Gasteiger partial charge in [0.25, 0.3) is 0 Å². The summed E-state index contributed by atoms with van der Waals surface area (Å²) in [5.74, 6) is -0.349. The van der Waals surface area contributed by atoms with E-state index in [1.807, 2.05) is 0 Å². The van der Waals surface area contributed by atoms with Gasteiger partial charge in [0.2, 0.25) is 0 Å². The molecule has 0 aliphatic carbocycles. The monoisotopic (exact) mass is 184 g/mol. The Labute approximate surface area is 80.7 Å². The lowest BCUT2D eigenvalue weighted by Crippen LogP contribution is -2.06. The second-order valence-electron chi connectivity index (χ2n) is 3.53. The number of unbranched alkanes of at least 4 members (excludes halogenated alkanes) is 1. The van der Waals surface area contributed by atoms with Crippen LogP contribution in [0.1, 0.15) is 46.0 Å². The third-order valence-electron chi connectivity index (χ3n) is 2.38. The topological polar surface area (TPSA) is 37.3 Å². The van der Waals surface area contributed by atoms with E-state index >= 15 is 0 Å². The van der Waals surface area contributed by atoms with Crippen LogP contribution in [0, 0.1) is 5.92 Å². The molecule has 0 amide bonds. The number of hydrogen-bond acceptors (Lipinski definition) is 1. The fourth-order valence-electron chi connectivity index (χ4n) is 1.38. The van der Waals surface area contributed by atoms with Gasteiger partial charge in [-0.2, -0.15) is 0 Å². The second-order valence-corrected chi connectivity index (χ2v) is 3.53. The average molecular weight is 184 g/mol. The van der Waals surface area contributed by atoms with E-state index in [-0.39, 0.29) is 0 Å². The molecule has 0 heterocycles. The van der Waals surface area contributed by atoms with Crippen LogP contribution in [0.5, 0.6) is 0 Å². The molecular formula is C11H20O2. The number of hydrogen-bond donors (Lipinski definition) is 1. The van der Waals surface area contributed by atoms with Crippen LogP contribution >= 0.6 is 0 Å². The minimum atomic E-state index is -0.852. The summed E-state index contributed by atoms with van der Waals surface area (Å²) in [6, 6.07) is 0. The van der Waals surface area contributed by atoms with Gasteiger partial charge in [0.05, 0.1) is 0 Å². The molecule has 0 saturated heterocycles. The molecule has 2 nitrogen and oxygen atoms in total. The standard InChI is InChI=1S/C11H20O2/c1-4-6-7-10(5-2)8-9(3)11(12)13/h10H,3-8H2,1-2H3,(H,12,13). The SMILES string of the molecule is C=C(CC(CC)CCCC)C(=O)O. The van der Waals surface area contributed by atoms with Gasteiger partial charge in [-0.3, -0.25) is 0 Å². The van der Waals surface area contributed by atoms with Crippen molar-refractivity contribution in [1.29, 1.82) is 0 Å². The van der Waals surface area contributed by atoms with Crippen LogP contribution in [-0.4, -0.2) is 11.1 Å². The molecule has 76 valence electrons. The van der Waals surface area contributed by atoms with E-state index in [0.29, 0.717) is 17.9 Å². The van der Waals surface area contributed by atoms with Gasteiger partial charge in [0.15, 0.2) is 0 Å². The lowest BCUT2D eigenvalue weighted by Gasteiger charge is -2.13. The molecule has 0 spiro atoms. The Hall–Kier alpha value is -0.790. The van der Waals surface area contributed by atoms with Crippen LogP contribution in [-0.2, 0) is 4.79 Å². The van der Waals surface area contributed by atoms with Crippen LogP contribution in [0.4, 0.5) is 0 Å². The third-order valence-corrected chi connectivity index (χ3v) is 2.38. The molecule has 0 radical (unpaired) electrons. The summed E-state index contributed by atoms with van der Waals surface area (Å²) >= 11 is 0. The first-order valence-corrected chi connectivity index (χ1v) is 5.02. The fourth-order valence-corrected chi connectivity index (χ4v) is 1.38. The van der Waals surface area contributed by atoms with Crippen LogP contribution in [0.3, 0.4) is 0 Å². The van der Waals surface area contributed by atoms with E-state index in [9.17, 15) is 4.79 Å². The van der Waals surface area contributed by atoms with Gasteiger partial charge >= 0.3 is 5.97 Å². The van der Waals surface area contributed by atoms with E-state index in [1.165, 1.54) is 12.8 Å². The van der Waals surface area contributed by atoms with Gasteiger partial charge in [0.1, 0.15) is 0 Å². The van der Waals surface area contributed by atoms with Gasteiger partial charge in [-0.05, 0) is 12.3 Å². The highest BCUT2D eigenvalue weighted by atomic mass is 16.4. The Kier molecular flexibility index (Phi) is 6.29. The Morgan fingerprint density at radius 3 is 2.46 bits per heavy atom. The van der Waals surface area contributed by atoms with Crippen LogP contribution in [0.15, 0.2) is 12.2 Å². The Morgan fingerprint density at radius 2 is 2.08 bits per heavy atom. The molecule has 0 fully saturated rings. The molecule has 0 aromatic carbocycles. The van der Waals surface area contributed by atoms with Crippen molar-refractivity contribution in [2.75, 3.05) is 0 Å². The zero-order valence-electron chi connectivity index (χ0n) is 8.68. The van der Waals surface area contributed by atoms with Gasteiger partial charge in [-0.15, -0.1) is 0 Å². The minimum Gasteiger partial charge on any atom is -0.478 e. The summed E-state index contributed by atoms with van der Waals surface area (Å²) in [5.41, 5.74) is 0.350. The van der Waals surface area contributed by atoms with Gasteiger partial charge in [-0.25, -0.2) is 4.79 Å². The molecule has 0 aliphatic rings. The summed E-state index contributed by atoms with van der Waals surface area (Å²) in [6.45, 7) is 7.81. The smallest absolute Gasteiger partial charge is 0.330 e. The molecule has 0 aliphatic heterocycles. The lowest BCUT2D eigenvalue weighted by atomic mass is 9.92. The molecule has 0 aromatic rings. The van der Waals surface area contributed by atoms with Crippen molar-refractivity contribution in [2.24, 2.45) is 5.92 Å². The van der Waals surface area contributed by atoms with E-state index in [2.05, 4.69) is 20.4 Å². The molecule has 2 heteroatoms. The van der Waals surface area contributed by atoms with E-state index in [1.54, 1.807) is 0 Å². The summed E-state index contributed by atoms with van der Waals surface area (Å²) in [7, 11) is 0. The third kappa shape index (κ3) is 5.45. The van der Waals surface area contributed by atoms with Crippen molar-refractivity contribution in [3.05, 3.63) is 12.2 Å². The van der Waals surface area contributed by atoms with Crippen molar-refractivity contribution >= 4 is 5.97 Å². The van der Waals surface area contributed by atoms with Crippen LogP contribution in [0.25, 0.3) is 0 Å². The van der Waals surface area contributed by atoms with Crippen molar-refractivity contribution in [1.82, 2.24) is 0 Å². The number of carboxylic acids is 1. The summed E-state index contributed by atoms with van der Waals surface area (Å²) in [6.07, 6.45) is 5.18. The van der Waals surface area contributed by atoms with E-state index < -0.39 is 5.97 Å². The van der Waals surface area contributed by atoms with Crippen molar-refractivity contribution in [3.63, 3.8) is 0 Å². The first-order valence-electron chi connectivity index (χ1n) is 5.02. The number of aliphatic carboxylic acids is 1. The molecule has 1 atom stereocenters. The predicted octanol–water partition coefficient (Wildman–Crippen LogP) is 3.23. The maximum absolute atomic E-state index is 10.5. The Morgan fingerprint density at radius 1 is 1.46 bits per heavy atom. The zero-order valence-corrected chi connectivity index (χ0v) is 8.68. The summed E-state index contributed by atoms with van der Waals surface area (Å²) in [5, 5.41) is 8.65. The molecular weight excluding hydrogens is 164 g/mol. The maximum atomic E-state index is 10.5. The minimum absolute atomic E-state index is 0.350. The molecule has 0 bridgehead atoms. The molecule has 0 saturated carbocycles. The summed E-state index contributed by atoms with van der Waals surface area (Å²) < 4.78 is 0. The zero-order chi connectivity index (χ0) is 10.3. The normalized spacial score (nSPS) is 12.5. The second kappa shape index (κ2) is 6.70. The highest BCUT2D eigenvalue weighted by Crippen LogP contribution is 2.20. The number of carboxylic acid groups (broad SMARTS) is 1. The van der Waals surface area contributed by atoms with Gasteiger partial charge < -0.3 is 5.11 Å². The Bertz CT molecular complexity index is 173. The van der Waals surface area contributed by atoms with Crippen LogP contribution < -0.4 is 0 Å². The summed E-state index contributed by atoms with van der Waals surface area (Å²) in [4.78, 5) is 10.5. The van der Waals surface area contributed by atoms with Crippen molar-refractivity contribution in [2.45, 2.75) is 46.0 Å². The van der Waals surface area contributed by atoms with E-state index in [0.717, 1.165) is 12.8 Å². The molecule has 0 aromatic heterocycles. The highest BCUT2D eigenvalue weighted by molar-refractivity contribution is 5.85. The number of carbonyl (C=O) groups is 1. The van der Waals surface area contributed by atoms with Crippen molar-refractivity contribution in [3.8, 4) is 0 Å². The average Bonchev–Trinajstić information content (AvgIpc) is 2.11. The first kappa shape index (κ1) is 12.2. The van der Waals surface area contributed by atoms with Gasteiger partial charge in [0, 0.05) is 5.57 Å². The van der Waals surface area contributed by atoms with Crippen LogP contribution in [0.2, 0.25) is 0 Å². The quantitative estimate of drug-likeness (QED) is 0.617. The van der Waals surface area contributed by atoms with Crippen molar-refractivity contribution < 1.29 is 9.90 Å². The molecule has 13 heavy (non-hydrogen) atoms. The largest absolute Gasteiger partial charge is 0.478 e. The van der Waals surface area contributed by atoms with Gasteiger partial charge in [-0.1, -0.05) is 46.1 Å². The highest BCUT2D eigenvalue weighted by Gasteiger charge is 2.11. The molecule has 1 N–H and O–H groups in total. The first-order chi connectivity index (χ1) is 6.11. The lowest BCUT2D eigenvalue weighted by molar-refractivity contribution is -0.132. The maximum Gasteiger partial charge on any atom is 0.330 e. The molecule has 1 unspecified atom stereocenters. The van der Waals surface area contributed by atoms with E-state index in [4.69, 9.17) is 5.11 Å².